The van der Waals surface area contributed by atoms with Crippen LogP contribution in [0.3, 0.4) is 0 Å². The van der Waals surface area contributed by atoms with Crippen molar-refractivity contribution in [2.24, 2.45) is 0 Å². The minimum atomic E-state index is -0.425. The molecule has 2 aromatic rings. The minimum Gasteiger partial charge on any atom is -0.394 e. The Balaban J connectivity index is 2.57. The molecule has 0 fully saturated rings. The predicted octanol–water partition coefficient (Wildman–Crippen LogP) is 1.74. The fourth-order valence-electron chi connectivity index (χ4n) is 1.81. The number of aliphatic hydroxyl groups is 1. The molecule has 1 aromatic heterocycles. The SMILES string of the molecule is CN(c1cc2ccccc2c(=O)[nH]1)C(C)(C)CO. The van der Waals surface area contributed by atoms with Gasteiger partial charge in [0.1, 0.15) is 5.82 Å². The Morgan fingerprint density at radius 3 is 2.67 bits per heavy atom. The van der Waals surface area contributed by atoms with Gasteiger partial charge in [0.15, 0.2) is 0 Å². The number of anilines is 1. The first-order chi connectivity index (χ1) is 8.45. The van der Waals surface area contributed by atoms with Crippen molar-refractivity contribution >= 4 is 16.6 Å². The van der Waals surface area contributed by atoms with E-state index in [0.717, 1.165) is 5.39 Å². The molecule has 0 saturated carbocycles. The number of aromatic amines is 1. The van der Waals surface area contributed by atoms with Gasteiger partial charge in [-0.2, -0.15) is 0 Å². The van der Waals surface area contributed by atoms with E-state index >= 15 is 0 Å². The summed E-state index contributed by atoms with van der Waals surface area (Å²) in [7, 11) is 1.86. The van der Waals surface area contributed by atoms with Gasteiger partial charge in [-0.05, 0) is 31.4 Å². The fraction of sp³-hybridized carbons (Fsp3) is 0.357. The number of aliphatic hydroxyl groups excluding tert-OH is 1. The lowest BCUT2D eigenvalue weighted by molar-refractivity contribution is 0.215. The van der Waals surface area contributed by atoms with Crippen LogP contribution in [0.4, 0.5) is 5.82 Å². The molecule has 2 N–H and O–H groups in total. The first-order valence-electron chi connectivity index (χ1n) is 5.92. The third-order valence-corrected chi connectivity index (χ3v) is 3.40. The van der Waals surface area contributed by atoms with Gasteiger partial charge in [0.25, 0.3) is 5.56 Å². The number of benzene rings is 1. The fourth-order valence-corrected chi connectivity index (χ4v) is 1.81. The third kappa shape index (κ3) is 2.11. The van der Waals surface area contributed by atoms with Gasteiger partial charge in [-0.3, -0.25) is 4.79 Å². The molecule has 0 radical (unpaired) electrons. The molecule has 0 aliphatic heterocycles. The van der Waals surface area contributed by atoms with Crippen LogP contribution in [0.25, 0.3) is 10.8 Å². The van der Waals surface area contributed by atoms with E-state index in [1.54, 1.807) is 6.07 Å². The minimum absolute atomic E-state index is 0.0123. The van der Waals surface area contributed by atoms with Crippen molar-refractivity contribution in [1.82, 2.24) is 4.98 Å². The number of H-pyrrole nitrogens is 1. The Hall–Kier alpha value is -1.81. The van der Waals surface area contributed by atoms with E-state index in [9.17, 15) is 9.90 Å². The van der Waals surface area contributed by atoms with Gasteiger partial charge >= 0.3 is 0 Å². The van der Waals surface area contributed by atoms with Gasteiger partial charge in [-0.1, -0.05) is 18.2 Å². The van der Waals surface area contributed by atoms with Crippen molar-refractivity contribution in [3.05, 3.63) is 40.7 Å². The normalized spacial score (nSPS) is 11.8. The van der Waals surface area contributed by atoms with Gasteiger partial charge < -0.3 is 15.0 Å². The maximum atomic E-state index is 12.0. The second-order valence-corrected chi connectivity index (χ2v) is 5.10. The molecule has 0 amide bonds. The molecule has 0 bridgehead atoms. The summed E-state index contributed by atoms with van der Waals surface area (Å²) >= 11 is 0. The number of rotatable bonds is 3. The largest absolute Gasteiger partial charge is 0.394 e. The first-order valence-corrected chi connectivity index (χ1v) is 5.92. The molecular formula is C14H18N2O2. The predicted molar refractivity (Wildman–Crippen MR) is 74.1 cm³/mol. The highest BCUT2D eigenvalue weighted by molar-refractivity contribution is 5.83. The molecule has 4 heteroatoms. The lowest BCUT2D eigenvalue weighted by atomic mass is 10.0. The van der Waals surface area contributed by atoms with Crippen LogP contribution in [-0.2, 0) is 0 Å². The first kappa shape index (κ1) is 12.6. The molecule has 0 spiro atoms. The molecule has 4 nitrogen and oxygen atoms in total. The number of hydrogen-bond donors (Lipinski definition) is 2. The second kappa shape index (κ2) is 4.46. The van der Waals surface area contributed by atoms with E-state index in [-0.39, 0.29) is 12.2 Å². The zero-order chi connectivity index (χ0) is 13.3. The summed E-state index contributed by atoms with van der Waals surface area (Å²) in [6, 6.07) is 9.39. The molecule has 18 heavy (non-hydrogen) atoms. The van der Waals surface area contributed by atoms with Crippen LogP contribution < -0.4 is 10.5 Å². The lowest BCUT2D eigenvalue weighted by Crippen LogP contribution is -2.45. The number of fused-ring (bicyclic) bond motifs is 1. The van der Waals surface area contributed by atoms with Crippen LogP contribution in [0.15, 0.2) is 35.1 Å². The Morgan fingerprint density at radius 1 is 1.33 bits per heavy atom. The van der Waals surface area contributed by atoms with Crippen LogP contribution in [0.2, 0.25) is 0 Å². The van der Waals surface area contributed by atoms with Gasteiger partial charge in [0, 0.05) is 12.4 Å². The summed E-state index contributed by atoms with van der Waals surface area (Å²) in [6.45, 7) is 3.85. The van der Waals surface area contributed by atoms with Crippen LogP contribution >= 0.6 is 0 Å². The molecule has 2 rings (SSSR count). The summed E-state index contributed by atoms with van der Waals surface area (Å²) < 4.78 is 0. The zero-order valence-corrected chi connectivity index (χ0v) is 10.9. The standard InChI is InChI=1S/C14H18N2O2/c1-14(2,9-17)16(3)12-8-10-6-4-5-7-11(10)13(18)15-12/h4-8,17H,9H2,1-3H3,(H,15,18). The van der Waals surface area contributed by atoms with E-state index in [2.05, 4.69) is 4.98 Å². The Morgan fingerprint density at radius 2 is 2.00 bits per heavy atom. The van der Waals surface area contributed by atoms with Crippen molar-refractivity contribution in [2.45, 2.75) is 19.4 Å². The van der Waals surface area contributed by atoms with E-state index in [1.165, 1.54) is 0 Å². The number of pyridine rings is 1. The highest BCUT2D eigenvalue weighted by Gasteiger charge is 2.23. The molecule has 0 unspecified atom stereocenters. The highest BCUT2D eigenvalue weighted by Crippen LogP contribution is 2.21. The number of likely N-dealkylation sites (N-methyl/N-ethyl adjacent to an activating group) is 1. The van der Waals surface area contributed by atoms with E-state index in [4.69, 9.17) is 0 Å². The van der Waals surface area contributed by atoms with Crippen molar-refractivity contribution < 1.29 is 5.11 Å². The van der Waals surface area contributed by atoms with Gasteiger partial charge in [0.05, 0.1) is 12.1 Å². The van der Waals surface area contributed by atoms with Crippen LogP contribution in [0.1, 0.15) is 13.8 Å². The molecule has 0 aliphatic carbocycles. The third-order valence-electron chi connectivity index (χ3n) is 3.40. The smallest absolute Gasteiger partial charge is 0.257 e. The summed E-state index contributed by atoms with van der Waals surface area (Å²) in [5.41, 5.74) is -0.533. The maximum Gasteiger partial charge on any atom is 0.257 e. The second-order valence-electron chi connectivity index (χ2n) is 5.10. The number of nitrogens with zero attached hydrogens (tertiary/aromatic N) is 1. The summed E-state index contributed by atoms with van der Waals surface area (Å²) in [6.07, 6.45) is 0. The van der Waals surface area contributed by atoms with E-state index in [1.807, 2.05) is 50.1 Å². The Labute approximate surface area is 106 Å². The van der Waals surface area contributed by atoms with E-state index < -0.39 is 5.54 Å². The van der Waals surface area contributed by atoms with Crippen LogP contribution in [0.5, 0.6) is 0 Å². The molecule has 0 saturated heterocycles. The zero-order valence-electron chi connectivity index (χ0n) is 10.9. The monoisotopic (exact) mass is 246 g/mol. The Kier molecular flexibility index (Phi) is 3.13. The molecule has 96 valence electrons. The summed E-state index contributed by atoms with van der Waals surface area (Å²) in [5.74, 6) is 0.706. The lowest BCUT2D eigenvalue weighted by Gasteiger charge is -2.35. The number of nitrogens with one attached hydrogen (secondary N) is 1. The average Bonchev–Trinajstić information content (AvgIpc) is 2.37. The van der Waals surface area contributed by atoms with Crippen LogP contribution in [-0.4, -0.2) is 29.3 Å². The molecular weight excluding hydrogens is 228 g/mol. The summed E-state index contributed by atoms with van der Waals surface area (Å²) in [4.78, 5) is 16.7. The molecule has 1 aromatic carbocycles. The molecule has 0 aliphatic rings. The van der Waals surface area contributed by atoms with Gasteiger partial charge in [-0.15, -0.1) is 0 Å². The van der Waals surface area contributed by atoms with Crippen molar-refractivity contribution in [3.8, 4) is 0 Å². The topological polar surface area (TPSA) is 56.3 Å². The van der Waals surface area contributed by atoms with Crippen LogP contribution in [0, 0.1) is 0 Å². The highest BCUT2D eigenvalue weighted by atomic mass is 16.3. The Bertz CT molecular complexity index is 616. The maximum absolute atomic E-state index is 12.0. The average molecular weight is 246 g/mol. The molecule has 1 heterocycles. The number of aromatic nitrogens is 1. The number of hydrogen-bond acceptors (Lipinski definition) is 3. The summed E-state index contributed by atoms with van der Waals surface area (Å²) in [5, 5.41) is 11.0. The van der Waals surface area contributed by atoms with E-state index in [0.29, 0.717) is 11.2 Å². The van der Waals surface area contributed by atoms with Crippen molar-refractivity contribution in [1.29, 1.82) is 0 Å². The molecule has 0 atom stereocenters. The van der Waals surface area contributed by atoms with Crippen molar-refractivity contribution in [3.63, 3.8) is 0 Å². The van der Waals surface area contributed by atoms with Gasteiger partial charge in [0.2, 0.25) is 0 Å². The van der Waals surface area contributed by atoms with Crippen molar-refractivity contribution in [2.75, 3.05) is 18.6 Å². The van der Waals surface area contributed by atoms with Gasteiger partial charge in [-0.25, -0.2) is 0 Å². The quantitative estimate of drug-likeness (QED) is 0.867.